The van der Waals surface area contributed by atoms with E-state index >= 15 is 0 Å². The second kappa shape index (κ2) is 6.75. The summed E-state index contributed by atoms with van der Waals surface area (Å²) in [5, 5.41) is 7.59. The van der Waals surface area contributed by atoms with E-state index < -0.39 is 0 Å². The van der Waals surface area contributed by atoms with Gasteiger partial charge < -0.3 is 10.5 Å². The Hall–Kier alpha value is -2.29. The third-order valence-corrected chi connectivity index (χ3v) is 3.14. The van der Waals surface area contributed by atoms with Crippen LogP contribution in [0.1, 0.15) is 23.1 Å². The Morgan fingerprint density at radius 3 is 2.60 bits per heavy atom. The van der Waals surface area contributed by atoms with Gasteiger partial charge in [-0.05, 0) is 37.5 Å². The molecular weight excluding hydrogens is 248 g/mol. The number of amidine groups is 1. The molecule has 0 saturated carbocycles. The lowest BCUT2D eigenvalue weighted by molar-refractivity contribution is 0.310. The Labute approximate surface area is 119 Å². The summed E-state index contributed by atoms with van der Waals surface area (Å²) in [5.41, 5.74) is 8.64. The highest BCUT2D eigenvalue weighted by Gasteiger charge is 2.06. The normalized spacial score (nSPS) is 10.2. The number of aryl methyl sites for hydroxylation is 2. The maximum absolute atomic E-state index is 7.59. The Kier molecular flexibility index (Phi) is 4.77. The van der Waals surface area contributed by atoms with Gasteiger partial charge >= 0.3 is 0 Å². The van der Waals surface area contributed by atoms with Crippen molar-refractivity contribution in [3.63, 3.8) is 0 Å². The van der Waals surface area contributed by atoms with Gasteiger partial charge in [0, 0.05) is 0 Å². The highest BCUT2D eigenvalue weighted by molar-refractivity contribution is 5.97. The molecule has 0 heterocycles. The first-order valence-electron chi connectivity index (χ1n) is 6.78. The van der Waals surface area contributed by atoms with Crippen LogP contribution in [0.3, 0.4) is 0 Å². The first-order chi connectivity index (χ1) is 9.66. The molecule has 0 spiro atoms. The largest absolute Gasteiger partial charge is 0.493 e. The van der Waals surface area contributed by atoms with Gasteiger partial charge in [-0.1, -0.05) is 42.0 Å². The monoisotopic (exact) mass is 268 g/mol. The van der Waals surface area contributed by atoms with Gasteiger partial charge in [0.15, 0.2) is 0 Å². The van der Waals surface area contributed by atoms with E-state index in [-0.39, 0.29) is 5.84 Å². The van der Waals surface area contributed by atoms with Crippen molar-refractivity contribution in [2.75, 3.05) is 6.61 Å². The minimum Gasteiger partial charge on any atom is -0.493 e. The Morgan fingerprint density at radius 1 is 1.15 bits per heavy atom. The van der Waals surface area contributed by atoms with Crippen LogP contribution < -0.4 is 10.5 Å². The smallest absolute Gasteiger partial charge is 0.130 e. The van der Waals surface area contributed by atoms with Gasteiger partial charge in [0.2, 0.25) is 0 Å². The maximum atomic E-state index is 7.59. The van der Waals surface area contributed by atoms with E-state index in [4.69, 9.17) is 15.9 Å². The number of rotatable bonds is 6. The molecule has 3 nitrogen and oxygen atoms in total. The summed E-state index contributed by atoms with van der Waals surface area (Å²) in [6.07, 6.45) is 1.93. The van der Waals surface area contributed by atoms with Crippen LogP contribution >= 0.6 is 0 Å². The molecule has 20 heavy (non-hydrogen) atoms. The van der Waals surface area contributed by atoms with Crippen molar-refractivity contribution in [1.29, 1.82) is 5.41 Å². The van der Waals surface area contributed by atoms with Gasteiger partial charge in [-0.3, -0.25) is 5.41 Å². The minimum atomic E-state index is 0.0479. The lowest BCUT2D eigenvalue weighted by atomic mass is 10.1. The van der Waals surface area contributed by atoms with E-state index in [0.29, 0.717) is 17.9 Å². The van der Waals surface area contributed by atoms with E-state index in [2.05, 4.69) is 12.1 Å². The summed E-state index contributed by atoms with van der Waals surface area (Å²) in [7, 11) is 0. The molecule has 0 aliphatic heterocycles. The number of nitrogens with two attached hydrogens (primary N) is 1. The van der Waals surface area contributed by atoms with E-state index in [1.807, 2.05) is 43.3 Å². The fourth-order valence-electron chi connectivity index (χ4n) is 2.08. The van der Waals surface area contributed by atoms with E-state index in [1.54, 1.807) is 0 Å². The number of hydrogen-bond acceptors (Lipinski definition) is 2. The van der Waals surface area contributed by atoms with E-state index in [0.717, 1.165) is 18.4 Å². The molecule has 3 heteroatoms. The zero-order valence-electron chi connectivity index (χ0n) is 11.7. The predicted octanol–water partition coefficient (Wildman–Crippen LogP) is 3.29. The summed E-state index contributed by atoms with van der Waals surface area (Å²) in [6.45, 7) is 2.60. The first-order valence-corrected chi connectivity index (χ1v) is 6.78. The molecular formula is C17H20N2O. The molecule has 0 amide bonds. The Morgan fingerprint density at radius 2 is 1.90 bits per heavy atom. The van der Waals surface area contributed by atoms with E-state index in [1.165, 1.54) is 5.56 Å². The summed E-state index contributed by atoms with van der Waals surface area (Å²) >= 11 is 0. The molecule has 0 fully saturated rings. The van der Waals surface area contributed by atoms with Crippen LogP contribution in [-0.2, 0) is 6.42 Å². The zero-order valence-corrected chi connectivity index (χ0v) is 11.7. The van der Waals surface area contributed by atoms with Crippen LogP contribution in [-0.4, -0.2) is 12.4 Å². The molecule has 0 aliphatic rings. The highest BCUT2D eigenvalue weighted by atomic mass is 16.5. The summed E-state index contributed by atoms with van der Waals surface area (Å²) < 4.78 is 5.75. The molecule has 0 atom stereocenters. The third kappa shape index (κ3) is 3.85. The molecule has 0 unspecified atom stereocenters. The zero-order chi connectivity index (χ0) is 14.4. The van der Waals surface area contributed by atoms with Crippen LogP contribution in [0.2, 0.25) is 0 Å². The summed E-state index contributed by atoms with van der Waals surface area (Å²) in [5.74, 6) is 0.739. The number of nitrogen functional groups attached to an aromatic ring is 1. The SMILES string of the molecule is Cc1ccc(OCCCc2ccccc2)c(C(=N)N)c1. The Bertz CT molecular complexity index is 579. The molecule has 2 aromatic carbocycles. The van der Waals surface area contributed by atoms with Crippen LogP contribution in [0.4, 0.5) is 0 Å². The molecule has 0 bridgehead atoms. The van der Waals surface area contributed by atoms with Crippen molar-refractivity contribution in [3.05, 3.63) is 65.2 Å². The van der Waals surface area contributed by atoms with Crippen LogP contribution in [0.25, 0.3) is 0 Å². The van der Waals surface area contributed by atoms with Gasteiger partial charge in [-0.2, -0.15) is 0 Å². The predicted molar refractivity (Wildman–Crippen MR) is 82.5 cm³/mol. The number of hydrogen-bond donors (Lipinski definition) is 2. The molecule has 0 aromatic heterocycles. The van der Waals surface area contributed by atoms with Crippen molar-refractivity contribution in [3.8, 4) is 5.75 Å². The molecule has 2 rings (SSSR count). The lowest BCUT2D eigenvalue weighted by Gasteiger charge is -2.11. The average molecular weight is 268 g/mol. The fraction of sp³-hybridized carbons (Fsp3) is 0.235. The molecule has 0 aliphatic carbocycles. The standard InChI is InChI=1S/C17H20N2O/c1-13-9-10-16(15(12-13)17(18)19)20-11-5-8-14-6-3-2-4-7-14/h2-4,6-7,9-10,12H,5,8,11H2,1H3,(H3,18,19). The van der Waals surface area contributed by atoms with Crippen molar-refractivity contribution in [2.45, 2.75) is 19.8 Å². The van der Waals surface area contributed by atoms with Gasteiger partial charge in [-0.25, -0.2) is 0 Å². The fourth-order valence-corrected chi connectivity index (χ4v) is 2.08. The van der Waals surface area contributed by atoms with Crippen molar-refractivity contribution >= 4 is 5.84 Å². The first kappa shape index (κ1) is 14.1. The molecule has 0 radical (unpaired) electrons. The summed E-state index contributed by atoms with van der Waals surface area (Å²) in [4.78, 5) is 0. The quantitative estimate of drug-likeness (QED) is 0.480. The maximum Gasteiger partial charge on any atom is 0.130 e. The third-order valence-electron chi connectivity index (χ3n) is 3.14. The van der Waals surface area contributed by atoms with Gasteiger partial charge in [0.05, 0.1) is 12.2 Å². The van der Waals surface area contributed by atoms with Gasteiger partial charge in [0.25, 0.3) is 0 Å². The number of benzene rings is 2. The van der Waals surface area contributed by atoms with Gasteiger partial charge in [-0.15, -0.1) is 0 Å². The molecule has 3 N–H and O–H groups in total. The molecule has 0 saturated heterocycles. The van der Waals surface area contributed by atoms with Crippen LogP contribution in [0.15, 0.2) is 48.5 Å². The average Bonchev–Trinajstić information content (AvgIpc) is 2.45. The minimum absolute atomic E-state index is 0.0479. The summed E-state index contributed by atoms with van der Waals surface area (Å²) in [6, 6.07) is 16.1. The van der Waals surface area contributed by atoms with Crippen LogP contribution in [0.5, 0.6) is 5.75 Å². The number of ether oxygens (including phenoxy) is 1. The molecule has 2 aromatic rings. The van der Waals surface area contributed by atoms with E-state index in [9.17, 15) is 0 Å². The highest BCUT2D eigenvalue weighted by Crippen LogP contribution is 2.19. The second-order valence-corrected chi connectivity index (χ2v) is 4.85. The number of nitrogens with one attached hydrogen (secondary N) is 1. The topological polar surface area (TPSA) is 59.1 Å². The van der Waals surface area contributed by atoms with Crippen LogP contribution in [0, 0.1) is 12.3 Å². The Balaban J connectivity index is 1.90. The van der Waals surface area contributed by atoms with Crippen molar-refractivity contribution in [2.24, 2.45) is 5.73 Å². The second-order valence-electron chi connectivity index (χ2n) is 4.85. The van der Waals surface area contributed by atoms with Crippen molar-refractivity contribution < 1.29 is 4.74 Å². The molecule has 104 valence electrons. The van der Waals surface area contributed by atoms with Gasteiger partial charge in [0.1, 0.15) is 11.6 Å². The van der Waals surface area contributed by atoms with Crippen molar-refractivity contribution in [1.82, 2.24) is 0 Å². The lowest BCUT2D eigenvalue weighted by Crippen LogP contribution is -2.14.